The van der Waals surface area contributed by atoms with E-state index in [9.17, 15) is 13.2 Å². The first kappa shape index (κ1) is 15.4. The molecule has 0 aromatic carbocycles. The highest BCUT2D eigenvalue weighted by atomic mass is 35.5. The van der Waals surface area contributed by atoms with Gasteiger partial charge in [-0.15, -0.1) is 10.2 Å². The second-order valence-electron chi connectivity index (χ2n) is 3.69. The maximum Gasteiger partial charge on any atom is 0.490 e. The molecule has 0 aliphatic heterocycles. The maximum absolute atomic E-state index is 10.6. The van der Waals surface area contributed by atoms with E-state index in [1.54, 1.807) is 0 Å². The Morgan fingerprint density at radius 2 is 2.00 bits per heavy atom. The Bertz CT molecular complexity index is 465. The third-order valence-electron chi connectivity index (χ3n) is 2.19. The van der Waals surface area contributed by atoms with Crippen LogP contribution in [0.2, 0.25) is 5.15 Å². The number of hydrazine groups is 1. The van der Waals surface area contributed by atoms with E-state index in [0.29, 0.717) is 16.9 Å². The average Bonchev–Trinajstić information content (AvgIpc) is 3.12. The number of carbonyl (C=O) groups is 1. The average molecular weight is 299 g/mol. The molecule has 0 saturated heterocycles. The molecule has 0 atom stereocenters. The van der Waals surface area contributed by atoms with E-state index >= 15 is 0 Å². The molecule has 0 unspecified atom stereocenters. The van der Waals surface area contributed by atoms with Crippen molar-refractivity contribution < 1.29 is 23.1 Å². The monoisotopic (exact) mass is 298 g/mol. The normalized spacial score (nSPS) is 14.4. The zero-order chi connectivity index (χ0) is 14.6. The Hall–Kier alpha value is -1.61. The number of carboxylic acids is 1. The number of nitrogens with two attached hydrogens (primary N) is 1. The van der Waals surface area contributed by atoms with Crippen molar-refractivity contribution in [2.24, 2.45) is 5.84 Å². The van der Waals surface area contributed by atoms with E-state index in [1.807, 2.05) is 6.07 Å². The number of halogens is 4. The van der Waals surface area contributed by atoms with Gasteiger partial charge in [-0.3, -0.25) is 0 Å². The molecule has 2 rings (SSSR count). The lowest BCUT2D eigenvalue weighted by Crippen LogP contribution is -2.21. The van der Waals surface area contributed by atoms with Gasteiger partial charge in [0.15, 0.2) is 11.0 Å². The molecule has 4 N–H and O–H groups in total. The second-order valence-corrected chi connectivity index (χ2v) is 4.08. The third-order valence-corrected chi connectivity index (χ3v) is 2.37. The molecule has 19 heavy (non-hydrogen) atoms. The molecule has 1 saturated carbocycles. The number of hydrogen-bond donors (Lipinski definition) is 3. The van der Waals surface area contributed by atoms with Crippen molar-refractivity contribution in [2.75, 3.05) is 5.43 Å². The molecule has 0 amide bonds. The molecular formula is C9H10ClF3N4O2. The fraction of sp³-hybridized carbons (Fsp3) is 0.444. The van der Waals surface area contributed by atoms with Crippen molar-refractivity contribution in [3.05, 3.63) is 16.8 Å². The summed E-state index contributed by atoms with van der Waals surface area (Å²) in [7, 11) is 0. The second kappa shape index (κ2) is 6.02. The summed E-state index contributed by atoms with van der Waals surface area (Å²) < 4.78 is 31.7. The molecule has 1 aliphatic carbocycles. The van der Waals surface area contributed by atoms with Gasteiger partial charge >= 0.3 is 12.1 Å². The van der Waals surface area contributed by atoms with Crippen LogP contribution in [0.4, 0.5) is 19.0 Å². The number of aromatic nitrogens is 2. The molecule has 10 heteroatoms. The van der Waals surface area contributed by atoms with E-state index in [4.69, 9.17) is 27.3 Å². The van der Waals surface area contributed by atoms with Crippen LogP contribution >= 0.6 is 11.6 Å². The van der Waals surface area contributed by atoms with Crippen molar-refractivity contribution in [1.82, 2.24) is 10.2 Å². The smallest absolute Gasteiger partial charge is 0.475 e. The SMILES string of the molecule is NNc1nnc(Cl)cc1C1CC1.O=C(O)C(F)(F)F. The first-order valence-electron chi connectivity index (χ1n) is 5.05. The minimum atomic E-state index is -5.08. The number of rotatable bonds is 2. The van der Waals surface area contributed by atoms with Crippen molar-refractivity contribution >= 4 is 23.4 Å². The molecule has 1 fully saturated rings. The van der Waals surface area contributed by atoms with Gasteiger partial charge in [-0.25, -0.2) is 10.6 Å². The van der Waals surface area contributed by atoms with E-state index in [-0.39, 0.29) is 0 Å². The Balaban J connectivity index is 0.000000224. The van der Waals surface area contributed by atoms with Crippen LogP contribution in [0.25, 0.3) is 0 Å². The van der Waals surface area contributed by atoms with Gasteiger partial charge in [-0.1, -0.05) is 11.6 Å². The van der Waals surface area contributed by atoms with Gasteiger partial charge in [0.2, 0.25) is 0 Å². The number of carboxylic acid groups (broad SMARTS) is 1. The number of anilines is 1. The van der Waals surface area contributed by atoms with Gasteiger partial charge in [0.25, 0.3) is 0 Å². The van der Waals surface area contributed by atoms with Crippen LogP contribution in [-0.2, 0) is 4.79 Å². The first-order chi connectivity index (χ1) is 8.75. The molecule has 0 radical (unpaired) electrons. The highest BCUT2D eigenvalue weighted by Crippen LogP contribution is 2.42. The minimum Gasteiger partial charge on any atom is -0.475 e. The molecule has 0 bridgehead atoms. The predicted octanol–water partition coefficient (Wildman–Crippen LogP) is 1.93. The number of nitrogens with zero attached hydrogens (tertiary/aromatic N) is 2. The van der Waals surface area contributed by atoms with Crippen LogP contribution in [0.5, 0.6) is 0 Å². The Labute approximate surface area is 110 Å². The van der Waals surface area contributed by atoms with E-state index in [1.165, 1.54) is 12.8 Å². The van der Waals surface area contributed by atoms with E-state index in [0.717, 1.165) is 5.56 Å². The van der Waals surface area contributed by atoms with Crippen molar-refractivity contribution in [1.29, 1.82) is 0 Å². The molecule has 106 valence electrons. The minimum absolute atomic E-state index is 0.427. The van der Waals surface area contributed by atoms with Gasteiger partial charge in [-0.05, 0) is 24.8 Å². The first-order valence-corrected chi connectivity index (χ1v) is 5.43. The molecule has 1 aromatic heterocycles. The molecular weight excluding hydrogens is 289 g/mol. The standard InChI is InChI=1S/C7H9ClN4.C2HF3O2/c8-6-3-5(4-1-2-4)7(10-9)12-11-6;3-2(4,5)1(6)7/h3-4H,1-2,9H2,(H,10,12);(H,6,7). The summed E-state index contributed by atoms with van der Waals surface area (Å²) in [4.78, 5) is 8.90. The summed E-state index contributed by atoms with van der Waals surface area (Å²) in [5.74, 6) is 3.73. The molecule has 6 nitrogen and oxygen atoms in total. The number of hydrogen-bond acceptors (Lipinski definition) is 5. The Kier molecular flexibility index (Phi) is 4.90. The summed E-state index contributed by atoms with van der Waals surface area (Å²) in [6.45, 7) is 0. The highest BCUT2D eigenvalue weighted by Gasteiger charge is 2.38. The Morgan fingerprint density at radius 3 is 2.37 bits per heavy atom. The largest absolute Gasteiger partial charge is 0.490 e. The van der Waals surface area contributed by atoms with Gasteiger partial charge in [0.05, 0.1) is 0 Å². The summed E-state index contributed by atoms with van der Waals surface area (Å²) in [6, 6.07) is 1.82. The lowest BCUT2D eigenvalue weighted by atomic mass is 10.2. The lowest BCUT2D eigenvalue weighted by Gasteiger charge is -2.04. The Morgan fingerprint density at radius 1 is 1.47 bits per heavy atom. The van der Waals surface area contributed by atoms with Gasteiger partial charge in [-0.2, -0.15) is 13.2 Å². The van der Waals surface area contributed by atoms with Crippen LogP contribution in [-0.4, -0.2) is 27.4 Å². The van der Waals surface area contributed by atoms with Crippen LogP contribution in [0.3, 0.4) is 0 Å². The van der Waals surface area contributed by atoms with Crippen LogP contribution < -0.4 is 11.3 Å². The summed E-state index contributed by atoms with van der Waals surface area (Å²) in [5.41, 5.74) is 3.59. The van der Waals surface area contributed by atoms with Crippen molar-refractivity contribution in [3.63, 3.8) is 0 Å². The van der Waals surface area contributed by atoms with Crippen molar-refractivity contribution in [2.45, 2.75) is 24.9 Å². The summed E-state index contributed by atoms with van der Waals surface area (Å²) >= 11 is 5.70. The summed E-state index contributed by atoms with van der Waals surface area (Å²) in [6.07, 6.45) is -2.70. The van der Waals surface area contributed by atoms with Crippen LogP contribution in [0, 0.1) is 0 Å². The third kappa shape index (κ3) is 4.87. The number of aliphatic carboxylic acids is 1. The summed E-state index contributed by atoms with van der Waals surface area (Å²) in [5, 5.41) is 15.1. The highest BCUT2D eigenvalue weighted by molar-refractivity contribution is 6.29. The van der Waals surface area contributed by atoms with E-state index in [2.05, 4.69) is 15.6 Å². The topological polar surface area (TPSA) is 101 Å². The number of nitrogens with one attached hydrogen (secondary N) is 1. The van der Waals surface area contributed by atoms with Gasteiger partial charge in [0.1, 0.15) is 0 Å². The molecule has 1 aliphatic rings. The van der Waals surface area contributed by atoms with E-state index < -0.39 is 12.1 Å². The maximum atomic E-state index is 10.6. The quantitative estimate of drug-likeness (QED) is 0.569. The zero-order valence-electron chi connectivity index (χ0n) is 9.41. The molecule has 1 aromatic rings. The molecule has 1 heterocycles. The van der Waals surface area contributed by atoms with Crippen LogP contribution in [0.1, 0.15) is 24.3 Å². The fourth-order valence-corrected chi connectivity index (χ4v) is 1.35. The van der Waals surface area contributed by atoms with Gasteiger partial charge in [0, 0.05) is 5.56 Å². The number of nitrogen functional groups attached to an aromatic ring is 1. The lowest BCUT2D eigenvalue weighted by molar-refractivity contribution is -0.192. The van der Waals surface area contributed by atoms with Crippen molar-refractivity contribution in [3.8, 4) is 0 Å². The van der Waals surface area contributed by atoms with Gasteiger partial charge < -0.3 is 10.5 Å². The van der Waals surface area contributed by atoms with Crippen LogP contribution in [0.15, 0.2) is 6.07 Å². The predicted molar refractivity (Wildman–Crippen MR) is 60.5 cm³/mol. The number of alkyl halides is 3. The fourth-order valence-electron chi connectivity index (χ4n) is 1.20. The molecule has 0 spiro atoms. The zero-order valence-corrected chi connectivity index (χ0v) is 10.2.